The van der Waals surface area contributed by atoms with Crippen LogP contribution in [0.1, 0.15) is 24.2 Å². The van der Waals surface area contributed by atoms with E-state index in [-0.39, 0.29) is 6.10 Å². The molecule has 0 bridgehead atoms. The minimum atomic E-state index is -0.212. The molecule has 3 aromatic carbocycles. The van der Waals surface area contributed by atoms with E-state index in [1.54, 1.807) is 0 Å². The van der Waals surface area contributed by atoms with Crippen LogP contribution in [0.4, 0.5) is 0 Å². The molecule has 0 saturated heterocycles. The van der Waals surface area contributed by atoms with Crippen molar-refractivity contribution in [2.45, 2.75) is 13.0 Å². The Bertz CT molecular complexity index is 804. The molecular weight excluding hydrogens is 268 g/mol. The second kappa shape index (κ2) is 6.93. The fourth-order valence-corrected chi connectivity index (χ4v) is 2.53. The van der Waals surface area contributed by atoms with Crippen LogP contribution in [0.5, 0.6) is 0 Å². The predicted molar refractivity (Wildman–Crippen MR) is 91.6 cm³/mol. The van der Waals surface area contributed by atoms with Crippen LogP contribution in [0.2, 0.25) is 0 Å². The fourth-order valence-electron chi connectivity index (χ4n) is 2.53. The summed E-state index contributed by atoms with van der Waals surface area (Å²) >= 11 is 0. The van der Waals surface area contributed by atoms with Gasteiger partial charge in [0.25, 0.3) is 0 Å². The third kappa shape index (κ3) is 3.19. The molecular formula is C21H18O. The van der Waals surface area contributed by atoms with E-state index in [1.165, 1.54) is 10.8 Å². The molecule has 3 aromatic rings. The maximum atomic E-state index is 5.88. The number of fused-ring (bicyclic) bond motifs is 1. The quantitative estimate of drug-likeness (QED) is 0.618. The van der Waals surface area contributed by atoms with Gasteiger partial charge >= 0.3 is 0 Å². The Labute approximate surface area is 131 Å². The lowest BCUT2D eigenvalue weighted by Gasteiger charge is -2.14. The summed E-state index contributed by atoms with van der Waals surface area (Å²) in [5.41, 5.74) is 2.14. The van der Waals surface area contributed by atoms with Gasteiger partial charge in [0, 0.05) is 17.7 Å². The summed E-state index contributed by atoms with van der Waals surface area (Å²) in [5, 5.41) is 2.41. The van der Waals surface area contributed by atoms with Gasteiger partial charge in [-0.15, -0.1) is 0 Å². The molecule has 0 aromatic heterocycles. The molecule has 0 amide bonds. The summed E-state index contributed by atoms with van der Waals surface area (Å²) in [6.45, 7) is 2.64. The summed E-state index contributed by atoms with van der Waals surface area (Å²) in [6, 6.07) is 24.6. The zero-order valence-corrected chi connectivity index (χ0v) is 12.6. The average Bonchev–Trinajstić information content (AvgIpc) is 2.59. The van der Waals surface area contributed by atoms with E-state index in [4.69, 9.17) is 4.74 Å². The first-order valence-corrected chi connectivity index (χ1v) is 7.54. The maximum absolute atomic E-state index is 5.88. The molecule has 0 aliphatic heterocycles. The molecule has 0 spiro atoms. The van der Waals surface area contributed by atoms with E-state index in [9.17, 15) is 0 Å². The molecule has 1 atom stereocenters. The van der Waals surface area contributed by atoms with Crippen molar-refractivity contribution in [3.63, 3.8) is 0 Å². The van der Waals surface area contributed by atoms with E-state index in [1.807, 2.05) is 37.3 Å². The predicted octanol–water partition coefficient (Wildman–Crippen LogP) is 4.97. The monoisotopic (exact) mass is 286 g/mol. The van der Waals surface area contributed by atoms with Crippen LogP contribution in [0.25, 0.3) is 10.8 Å². The standard InChI is InChI=1S/C21H18O/c1-2-22-21(16-15-17-9-4-3-5-10-17)20-14-8-12-18-11-6-7-13-19(18)20/h3-14,21H,2H2,1H3. The van der Waals surface area contributed by atoms with Gasteiger partial charge in [-0.1, -0.05) is 72.5 Å². The van der Waals surface area contributed by atoms with Crippen molar-refractivity contribution in [2.75, 3.05) is 6.61 Å². The molecule has 0 fully saturated rings. The smallest absolute Gasteiger partial charge is 0.144 e. The molecule has 108 valence electrons. The Hall–Kier alpha value is -2.56. The van der Waals surface area contributed by atoms with Crippen molar-refractivity contribution >= 4 is 10.8 Å². The van der Waals surface area contributed by atoms with Crippen LogP contribution < -0.4 is 0 Å². The second-order valence-corrected chi connectivity index (χ2v) is 5.04. The van der Waals surface area contributed by atoms with Gasteiger partial charge in [0.15, 0.2) is 0 Å². The van der Waals surface area contributed by atoms with Crippen molar-refractivity contribution in [2.24, 2.45) is 0 Å². The fraction of sp³-hybridized carbons (Fsp3) is 0.143. The first-order valence-electron chi connectivity index (χ1n) is 7.54. The van der Waals surface area contributed by atoms with Crippen LogP contribution in [-0.4, -0.2) is 6.61 Å². The van der Waals surface area contributed by atoms with Gasteiger partial charge in [-0.05, 0) is 29.8 Å². The summed E-state index contributed by atoms with van der Waals surface area (Å²) in [5.74, 6) is 6.49. The van der Waals surface area contributed by atoms with Gasteiger partial charge in [-0.25, -0.2) is 0 Å². The molecule has 1 nitrogen and oxygen atoms in total. The zero-order chi connectivity index (χ0) is 15.2. The lowest BCUT2D eigenvalue weighted by Crippen LogP contribution is -2.02. The van der Waals surface area contributed by atoms with Crippen LogP contribution in [0, 0.1) is 11.8 Å². The van der Waals surface area contributed by atoms with Gasteiger partial charge < -0.3 is 4.74 Å². The third-order valence-electron chi connectivity index (χ3n) is 3.56. The topological polar surface area (TPSA) is 9.23 Å². The van der Waals surface area contributed by atoms with Crippen LogP contribution >= 0.6 is 0 Å². The van der Waals surface area contributed by atoms with E-state index >= 15 is 0 Å². The highest BCUT2D eigenvalue weighted by atomic mass is 16.5. The van der Waals surface area contributed by atoms with Gasteiger partial charge in [0.2, 0.25) is 0 Å². The lowest BCUT2D eigenvalue weighted by molar-refractivity contribution is 0.104. The van der Waals surface area contributed by atoms with Crippen molar-refractivity contribution in [1.82, 2.24) is 0 Å². The van der Waals surface area contributed by atoms with Gasteiger partial charge in [-0.3, -0.25) is 0 Å². The Morgan fingerprint density at radius 2 is 1.59 bits per heavy atom. The molecule has 1 heteroatoms. The van der Waals surface area contributed by atoms with Crippen molar-refractivity contribution in [1.29, 1.82) is 0 Å². The zero-order valence-electron chi connectivity index (χ0n) is 12.6. The maximum Gasteiger partial charge on any atom is 0.144 e. The molecule has 0 saturated carbocycles. The summed E-state index contributed by atoms with van der Waals surface area (Å²) in [6.07, 6.45) is -0.212. The van der Waals surface area contributed by atoms with Crippen LogP contribution in [0.15, 0.2) is 72.8 Å². The molecule has 0 aliphatic rings. The molecule has 0 N–H and O–H groups in total. The Morgan fingerprint density at radius 3 is 2.41 bits per heavy atom. The highest BCUT2D eigenvalue weighted by Gasteiger charge is 2.11. The highest BCUT2D eigenvalue weighted by molar-refractivity contribution is 5.86. The number of hydrogen-bond acceptors (Lipinski definition) is 1. The average molecular weight is 286 g/mol. The first kappa shape index (κ1) is 14.4. The van der Waals surface area contributed by atoms with Gasteiger partial charge in [-0.2, -0.15) is 0 Å². The summed E-state index contributed by atoms with van der Waals surface area (Å²) in [4.78, 5) is 0. The second-order valence-electron chi connectivity index (χ2n) is 5.04. The Kier molecular flexibility index (Phi) is 4.53. The summed E-state index contributed by atoms with van der Waals surface area (Å²) in [7, 11) is 0. The SMILES string of the molecule is CCOC(C#Cc1ccccc1)c1cccc2ccccc12. The molecule has 0 heterocycles. The number of rotatable bonds is 3. The highest BCUT2D eigenvalue weighted by Crippen LogP contribution is 2.26. The Morgan fingerprint density at radius 1 is 0.864 bits per heavy atom. The normalized spacial score (nSPS) is 11.7. The van der Waals surface area contributed by atoms with Crippen LogP contribution in [-0.2, 0) is 4.74 Å². The Balaban J connectivity index is 2.02. The van der Waals surface area contributed by atoms with Crippen molar-refractivity contribution in [3.8, 4) is 11.8 Å². The number of ether oxygens (including phenoxy) is 1. The van der Waals surface area contributed by atoms with Crippen LogP contribution in [0.3, 0.4) is 0 Å². The van der Waals surface area contributed by atoms with Crippen molar-refractivity contribution in [3.05, 3.63) is 83.9 Å². The number of hydrogen-bond donors (Lipinski definition) is 0. The van der Waals surface area contributed by atoms with E-state index in [0.717, 1.165) is 11.1 Å². The lowest BCUT2D eigenvalue weighted by atomic mass is 10.0. The molecule has 0 radical (unpaired) electrons. The van der Waals surface area contributed by atoms with E-state index in [0.29, 0.717) is 6.61 Å². The number of benzene rings is 3. The molecule has 22 heavy (non-hydrogen) atoms. The van der Waals surface area contributed by atoms with E-state index in [2.05, 4.69) is 54.3 Å². The third-order valence-corrected chi connectivity index (χ3v) is 3.56. The minimum Gasteiger partial charge on any atom is -0.361 e. The minimum absolute atomic E-state index is 0.212. The molecule has 1 unspecified atom stereocenters. The van der Waals surface area contributed by atoms with Gasteiger partial charge in [0.05, 0.1) is 0 Å². The van der Waals surface area contributed by atoms with E-state index < -0.39 is 0 Å². The molecule has 0 aliphatic carbocycles. The first-order chi connectivity index (χ1) is 10.9. The van der Waals surface area contributed by atoms with Crippen molar-refractivity contribution < 1.29 is 4.74 Å². The summed E-state index contributed by atoms with van der Waals surface area (Å²) < 4.78 is 5.88. The largest absolute Gasteiger partial charge is 0.361 e. The molecule has 3 rings (SSSR count). The van der Waals surface area contributed by atoms with Gasteiger partial charge in [0.1, 0.15) is 6.10 Å².